The summed E-state index contributed by atoms with van der Waals surface area (Å²) >= 11 is 5.93. The Bertz CT molecular complexity index is 615. The Morgan fingerprint density at radius 2 is 1.95 bits per heavy atom. The summed E-state index contributed by atoms with van der Waals surface area (Å²) in [6.45, 7) is -0.166. The van der Waals surface area contributed by atoms with Gasteiger partial charge in [-0.15, -0.1) is 0 Å². The Morgan fingerprint density at radius 3 is 2.58 bits per heavy atom. The first-order valence-corrected chi connectivity index (χ1v) is 5.80. The fourth-order valence-electron chi connectivity index (χ4n) is 1.54. The Balaban J connectivity index is 2.31. The van der Waals surface area contributed by atoms with E-state index < -0.39 is 4.92 Å². The van der Waals surface area contributed by atoms with Crippen LogP contribution in [-0.2, 0) is 6.61 Å². The lowest BCUT2D eigenvalue weighted by Gasteiger charge is -2.10. The van der Waals surface area contributed by atoms with E-state index in [4.69, 9.17) is 16.3 Å². The van der Waals surface area contributed by atoms with Crippen LogP contribution in [0.1, 0.15) is 5.56 Å². The van der Waals surface area contributed by atoms with Gasteiger partial charge in [-0.3, -0.25) is 10.1 Å². The monoisotopic (exact) mass is 279 g/mol. The van der Waals surface area contributed by atoms with E-state index in [1.165, 1.54) is 18.2 Å². The first kappa shape index (κ1) is 13.3. The Hall–Kier alpha value is -2.11. The first-order chi connectivity index (χ1) is 9.11. The maximum atomic E-state index is 10.6. The SMILES string of the molecule is O=[N+]([O-])c1ccc(Oc2ccccc2CO)c(Cl)c1. The fraction of sp³-hybridized carbons (Fsp3) is 0.0769. The predicted octanol–water partition coefficient (Wildman–Crippen LogP) is 3.53. The van der Waals surface area contributed by atoms with Crippen LogP contribution in [-0.4, -0.2) is 10.0 Å². The van der Waals surface area contributed by atoms with Gasteiger partial charge in [0, 0.05) is 17.7 Å². The van der Waals surface area contributed by atoms with E-state index in [0.717, 1.165) is 0 Å². The normalized spacial score (nSPS) is 10.2. The van der Waals surface area contributed by atoms with Gasteiger partial charge in [0.05, 0.1) is 16.6 Å². The molecule has 0 atom stereocenters. The number of non-ortho nitro benzene ring substituents is 1. The summed E-state index contributed by atoms with van der Waals surface area (Å²) in [6.07, 6.45) is 0. The molecular weight excluding hydrogens is 270 g/mol. The summed E-state index contributed by atoms with van der Waals surface area (Å²) in [5.41, 5.74) is 0.504. The molecular formula is C13H10ClNO4. The van der Waals surface area contributed by atoms with Crippen molar-refractivity contribution in [2.75, 3.05) is 0 Å². The van der Waals surface area contributed by atoms with Gasteiger partial charge in [0.25, 0.3) is 5.69 Å². The van der Waals surface area contributed by atoms with Crippen LogP contribution < -0.4 is 4.74 Å². The van der Waals surface area contributed by atoms with Crippen molar-refractivity contribution in [3.8, 4) is 11.5 Å². The molecule has 0 aliphatic heterocycles. The molecule has 0 fully saturated rings. The molecule has 0 unspecified atom stereocenters. The number of hydrogen-bond acceptors (Lipinski definition) is 4. The van der Waals surface area contributed by atoms with Crippen molar-refractivity contribution < 1.29 is 14.8 Å². The highest BCUT2D eigenvalue weighted by atomic mass is 35.5. The Labute approximate surface area is 114 Å². The smallest absolute Gasteiger partial charge is 0.271 e. The van der Waals surface area contributed by atoms with Crippen molar-refractivity contribution in [1.29, 1.82) is 0 Å². The van der Waals surface area contributed by atoms with Crippen LogP contribution in [0.25, 0.3) is 0 Å². The number of nitrogens with zero attached hydrogens (tertiary/aromatic N) is 1. The zero-order valence-corrected chi connectivity index (χ0v) is 10.5. The lowest BCUT2D eigenvalue weighted by Crippen LogP contribution is -1.93. The summed E-state index contributed by atoms with van der Waals surface area (Å²) in [6, 6.07) is 10.9. The molecule has 0 spiro atoms. The van der Waals surface area contributed by atoms with Crippen LogP contribution in [0.4, 0.5) is 5.69 Å². The number of ether oxygens (including phenoxy) is 1. The number of halogens is 1. The number of nitro groups is 1. The van der Waals surface area contributed by atoms with Gasteiger partial charge >= 0.3 is 0 Å². The molecule has 0 saturated carbocycles. The summed E-state index contributed by atoms with van der Waals surface area (Å²) < 4.78 is 5.55. The highest BCUT2D eigenvalue weighted by Gasteiger charge is 2.12. The third-order valence-corrected chi connectivity index (χ3v) is 2.78. The molecule has 0 aromatic heterocycles. The van der Waals surface area contributed by atoms with Crippen LogP contribution in [0.2, 0.25) is 5.02 Å². The van der Waals surface area contributed by atoms with Crippen LogP contribution in [0, 0.1) is 10.1 Å². The minimum Gasteiger partial charge on any atom is -0.455 e. The van der Waals surface area contributed by atoms with Crippen molar-refractivity contribution in [1.82, 2.24) is 0 Å². The summed E-state index contributed by atoms with van der Waals surface area (Å²) in [7, 11) is 0. The lowest BCUT2D eigenvalue weighted by atomic mass is 10.2. The van der Waals surface area contributed by atoms with Gasteiger partial charge in [0.15, 0.2) is 0 Å². The second-order valence-electron chi connectivity index (χ2n) is 3.74. The number of benzene rings is 2. The molecule has 1 N–H and O–H groups in total. The second-order valence-corrected chi connectivity index (χ2v) is 4.15. The number of aliphatic hydroxyl groups excluding tert-OH is 1. The van der Waals surface area contributed by atoms with Crippen LogP contribution in [0.15, 0.2) is 42.5 Å². The molecule has 19 heavy (non-hydrogen) atoms. The van der Waals surface area contributed by atoms with E-state index >= 15 is 0 Å². The molecule has 0 amide bonds. The number of hydrogen-bond donors (Lipinski definition) is 1. The van der Waals surface area contributed by atoms with E-state index in [9.17, 15) is 15.2 Å². The maximum absolute atomic E-state index is 10.6. The Kier molecular flexibility index (Phi) is 3.99. The maximum Gasteiger partial charge on any atom is 0.271 e. The molecule has 2 aromatic carbocycles. The molecule has 98 valence electrons. The number of rotatable bonds is 4. The van der Waals surface area contributed by atoms with E-state index in [1.54, 1.807) is 24.3 Å². The largest absolute Gasteiger partial charge is 0.455 e. The van der Waals surface area contributed by atoms with E-state index in [0.29, 0.717) is 17.1 Å². The van der Waals surface area contributed by atoms with Gasteiger partial charge in [-0.05, 0) is 12.1 Å². The minimum atomic E-state index is -0.530. The third-order valence-electron chi connectivity index (χ3n) is 2.49. The van der Waals surface area contributed by atoms with E-state index in [2.05, 4.69) is 0 Å². The number of aliphatic hydroxyl groups is 1. The van der Waals surface area contributed by atoms with Gasteiger partial charge in [0.1, 0.15) is 11.5 Å². The minimum absolute atomic E-state index is 0.104. The topological polar surface area (TPSA) is 72.6 Å². The highest BCUT2D eigenvalue weighted by Crippen LogP contribution is 2.33. The van der Waals surface area contributed by atoms with Gasteiger partial charge in [-0.25, -0.2) is 0 Å². The number of para-hydroxylation sites is 1. The second kappa shape index (κ2) is 5.69. The van der Waals surface area contributed by atoms with Gasteiger partial charge in [0.2, 0.25) is 0 Å². The molecule has 6 heteroatoms. The van der Waals surface area contributed by atoms with Crippen LogP contribution in [0.5, 0.6) is 11.5 Å². The molecule has 0 aliphatic carbocycles. The van der Waals surface area contributed by atoms with E-state index in [1.807, 2.05) is 0 Å². The van der Waals surface area contributed by atoms with Gasteiger partial charge in [-0.2, -0.15) is 0 Å². The van der Waals surface area contributed by atoms with Crippen molar-refractivity contribution in [2.45, 2.75) is 6.61 Å². The number of nitro benzene ring substituents is 1. The van der Waals surface area contributed by atoms with Crippen molar-refractivity contribution >= 4 is 17.3 Å². The van der Waals surface area contributed by atoms with E-state index in [-0.39, 0.29) is 17.3 Å². The molecule has 2 aromatic rings. The quantitative estimate of drug-likeness (QED) is 0.686. The van der Waals surface area contributed by atoms with Crippen molar-refractivity contribution in [3.63, 3.8) is 0 Å². The van der Waals surface area contributed by atoms with Crippen LogP contribution in [0.3, 0.4) is 0 Å². The summed E-state index contributed by atoms with van der Waals surface area (Å²) in [5.74, 6) is 0.758. The predicted molar refractivity (Wildman–Crippen MR) is 70.5 cm³/mol. The molecule has 0 bridgehead atoms. The molecule has 0 radical (unpaired) electrons. The first-order valence-electron chi connectivity index (χ1n) is 5.42. The van der Waals surface area contributed by atoms with Crippen molar-refractivity contribution in [3.05, 3.63) is 63.2 Å². The average molecular weight is 280 g/mol. The standard InChI is InChI=1S/C13H10ClNO4/c14-11-7-10(15(17)18)5-6-13(11)19-12-4-2-1-3-9(12)8-16/h1-7,16H,8H2. The zero-order valence-electron chi connectivity index (χ0n) is 9.75. The van der Waals surface area contributed by atoms with Gasteiger partial charge in [-0.1, -0.05) is 29.8 Å². The third kappa shape index (κ3) is 3.01. The Morgan fingerprint density at radius 1 is 1.21 bits per heavy atom. The zero-order chi connectivity index (χ0) is 13.8. The summed E-state index contributed by atoms with van der Waals surface area (Å²) in [5, 5.41) is 19.9. The lowest BCUT2D eigenvalue weighted by molar-refractivity contribution is -0.384. The molecule has 0 heterocycles. The summed E-state index contributed by atoms with van der Waals surface area (Å²) in [4.78, 5) is 10.1. The molecule has 0 saturated heterocycles. The van der Waals surface area contributed by atoms with Crippen LogP contribution >= 0.6 is 11.6 Å². The molecule has 2 rings (SSSR count). The highest BCUT2D eigenvalue weighted by molar-refractivity contribution is 6.32. The van der Waals surface area contributed by atoms with Crippen molar-refractivity contribution in [2.24, 2.45) is 0 Å². The van der Waals surface area contributed by atoms with Gasteiger partial charge < -0.3 is 9.84 Å². The molecule has 0 aliphatic rings. The fourth-order valence-corrected chi connectivity index (χ4v) is 1.75. The average Bonchev–Trinajstić information content (AvgIpc) is 2.41. The molecule has 5 nitrogen and oxygen atoms in total.